The van der Waals surface area contributed by atoms with E-state index >= 15 is 0 Å². The molecule has 2 aliphatic rings. The number of benzene rings is 1. The topological polar surface area (TPSA) is 87.4 Å². The second kappa shape index (κ2) is 11.4. The van der Waals surface area contributed by atoms with Gasteiger partial charge in [-0.3, -0.25) is 9.36 Å². The second-order valence-electron chi connectivity index (χ2n) is 8.04. The summed E-state index contributed by atoms with van der Waals surface area (Å²) in [5.74, 6) is 2.12. The Bertz CT molecular complexity index is 864. The maximum absolute atomic E-state index is 12.7. The molecular formula is C22H32IN7O. The predicted molar refractivity (Wildman–Crippen MR) is 132 cm³/mol. The zero-order valence-electron chi connectivity index (χ0n) is 18.0. The van der Waals surface area contributed by atoms with Gasteiger partial charge in [0, 0.05) is 37.3 Å². The number of rotatable bonds is 6. The molecule has 2 N–H and O–H groups in total. The fourth-order valence-electron chi connectivity index (χ4n) is 4.34. The Labute approximate surface area is 200 Å². The molecule has 1 amide bonds. The summed E-state index contributed by atoms with van der Waals surface area (Å²) < 4.78 is 1.95. The number of halogens is 1. The number of likely N-dealkylation sites (tertiary alicyclic amines) is 1. The first-order valence-corrected chi connectivity index (χ1v) is 11.0. The SMILES string of the molecule is CCNC(=NCc1nncn1-c1ccccc1)NC1CCN(C(=O)C2CCCC2)C1.I. The summed E-state index contributed by atoms with van der Waals surface area (Å²) in [6.07, 6.45) is 7.15. The Morgan fingerprint density at radius 1 is 1.19 bits per heavy atom. The van der Waals surface area contributed by atoms with Crippen molar-refractivity contribution in [1.29, 1.82) is 0 Å². The van der Waals surface area contributed by atoms with E-state index in [1.54, 1.807) is 6.33 Å². The summed E-state index contributed by atoms with van der Waals surface area (Å²) in [7, 11) is 0. The zero-order valence-corrected chi connectivity index (χ0v) is 20.4. The molecule has 168 valence electrons. The molecule has 9 heteroatoms. The van der Waals surface area contributed by atoms with Gasteiger partial charge in [-0.05, 0) is 38.3 Å². The minimum absolute atomic E-state index is 0. The molecule has 1 saturated carbocycles. The third kappa shape index (κ3) is 5.96. The van der Waals surface area contributed by atoms with Crippen molar-refractivity contribution in [1.82, 2.24) is 30.3 Å². The van der Waals surface area contributed by atoms with Gasteiger partial charge >= 0.3 is 0 Å². The number of nitrogens with one attached hydrogen (secondary N) is 2. The van der Waals surface area contributed by atoms with Crippen LogP contribution in [0.2, 0.25) is 0 Å². The molecule has 4 rings (SSSR count). The first kappa shape index (κ1) is 23.5. The average Bonchev–Trinajstić information content (AvgIpc) is 3.54. The lowest BCUT2D eigenvalue weighted by Gasteiger charge is -2.21. The predicted octanol–water partition coefficient (Wildman–Crippen LogP) is 2.73. The lowest BCUT2D eigenvalue weighted by Crippen LogP contribution is -2.45. The molecule has 8 nitrogen and oxygen atoms in total. The van der Waals surface area contributed by atoms with Crippen LogP contribution in [0.25, 0.3) is 5.69 Å². The van der Waals surface area contributed by atoms with Crippen molar-refractivity contribution >= 4 is 35.8 Å². The normalized spacial score (nSPS) is 19.3. The Morgan fingerprint density at radius 2 is 1.97 bits per heavy atom. The van der Waals surface area contributed by atoms with Crippen molar-refractivity contribution in [2.45, 2.75) is 51.6 Å². The van der Waals surface area contributed by atoms with E-state index < -0.39 is 0 Å². The highest BCUT2D eigenvalue weighted by Crippen LogP contribution is 2.27. The monoisotopic (exact) mass is 537 g/mol. The molecule has 2 aromatic rings. The third-order valence-corrected chi connectivity index (χ3v) is 5.92. The minimum atomic E-state index is 0. The fourth-order valence-corrected chi connectivity index (χ4v) is 4.34. The van der Waals surface area contributed by atoms with E-state index in [-0.39, 0.29) is 35.9 Å². The molecule has 1 saturated heterocycles. The Morgan fingerprint density at radius 3 is 2.71 bits per heavy atom. The van der Waals surface area contributed by atoms with Gasteiger partial charge in [0.25, 0.3) is 0 Å². The van der Waals surface area contributed by atoms with E-state index in [1.165, 1.54) is 12.8 Å². The zero-order chi connectivity index (χ0) is 20.8. The quantitative estimate of drug-likeness (QED) is 0.336. The lowest BCUT2D eigenvalue weighted by atomic mass is 10.1. The standard InChI is InChI=1S/C22H31N7O.HI/c1-2-23-22(24-14-20-27-25-16-29(20)19-10-4-3-5-11-19)26-18-12-13-28(15-18)21(30)17-8-6-7-9-17;/h3-5,10-11,16-18H,2,6-9,12-15H2,1H3,(H2,23,24,26);1H. The Hall–Kier alpha value is -2.17. The molecule has 1 unspecified atom stereocenters. The summed E-state index contributed by atoms with van der Waals surface area (Å²) in [6, 6.07) is 10.2. The van der Waals surface area contributed by atoms with E-state index in [1.807, 2.05) is 46.7 Å². The van der Waals surface area contributed by atoms with E-state index in [9.17, 15) is 4.79 Å². The molecule has 1 atom stereocenters. The largest absolute Gasteiger partial charge is 0.357 e. The van der Waals surface area contributed by atoms with E-state index in [4.69, 9.17) is 4.99 Å². The maximum Gasteiger partial charge on any atom is 0.225 e. The van der Waals surface area contributed by atoms with Crippen LogP contribution in [0.5, 0.6) is 0 Å². The number of hydrogen-bond donors (Lipinski definition) is 2. The molecule has 1 aliphatic carbocycles. The number of amides is 1. The molecule has 1 aromatic carbocycles. The first-order valence-electron chi connectivity index (χ1n) is 11.0. The highest BCUT2D eigenvalue weighted by atomic mass is 127. The number of carbonyl (C=O) groups is 1. The maximum atomic E-state index is 12.7. The molecule has 0 spiro atoms. The Balaban J connectivity index is 0.00000272. The smallest absolute Gasteiger partial charge is 0.225 e. The van der Waals surface area contributed by atoms with Gasteiger partial charge in [0.15, 0.2) is 11.8 Å². The van der Waals surface area contributed by atoms with Crippen LogP contribution in [0, 0.1) is 5.92 Å². The van der Waals surface area contributed by atoms with Gasteiger partial charge in [-0.15, -0.1) is 34.2 Å². The molecule has 0 radical (unpaired) electrons. The highest BCUT2D eigenvalue weighted by molar-refractivity contribution is 14.0. The molecule has 31 heavy (non-hydrogen) atoms. The summed E-state index contributed by atoms with van der Waals surface area (Å²) in [5, 5.41) is 15.1. The second-order valence-corrected chi connectivity index (χ2v) is 8.04. The number of aliphatic imine (C=N–C) groups is 1. The van der Waals surface area contributed by atoms with Gasteiger partial charge in [-0.1, -0.05) is 31.0 Å². The van der Waals surface area contributed by atoms with Crippen molar-refractivity contribution in [2.24, 2.45) is 10.9 Å². The van der Waals surface area contributed by atoms with Crippen LogP contribution < -0.4 is 10.6 Å². The van der Waals surface area contributed by atoms with Crippen LogP contribution in [-0.4, -0.2) is 57.2 Å². The van der Waals surface area contributed by atoms with Crippen molar-refractivity contribution in [2.75, 3.05) is 19.6 Å². The van der Waals surface area contributed by atoms with Gasteiger partial charge in [0.05, 0.1) is 0 Å². The molecule has 1 aromatic heterocycles. The van der Waals surface area contributed by atoms with E-state index in [0.717, 1.165) is 56.4 Å². The molecule has 2 fully saturated rings. The van der Waals surface area contributed by atoms with Crippen molar-refractivity contribution in [3.8, 4) is 5.69 Å². The summed E-state index contributed by atoms with van der Waals surface area (Å²) in [5.41, 5.74) is 1.02. The summed E-state index contributed by atoms with van der Waals surface area (Å²) in [4.78, 5) is 19.4. The highest BCUT2D eigenvalue weighted by Gasteiger charge is 2.32. The van der Waals surface area contributed by atoms with Crippen molar-refractivity contribution < 1.29 is 4.79 Å². The minimum Gasteiger partial charge on any atom is -0.357 e. The molecule has 1 aliphatic heterocycles. The van der Waals surface area contributed by atoms with Gasteiger partial charge in [-0.25, -0.2) is 4.99 Å². The number of para-hydroxylation sites is 1. The average molecular weight is 537 g/mol. The van der Waals surface area contributed by atoms with Gasteiger partial charge in [0.1, 0.15) is 12.9 Å². The number of carbonyl (C=O) groups excluding carboxylic acids is 1. The van der Waals surface area contributed by atoms with Gasteiger partial charge in [0.2, 0.25) is 5.91 Å². The number of nitrogens with zero attached hydrogens (tertiary/aromatic N) is 5. The third-order valence-electron chi connectivity index (χ3n) is 5.92. The Kier molecular flexibility index (Phi) is 8.68. The van der Waals surface area contributed by atoms with Gasteiger partial charge in [-0.2, -0.15) is 0 Å². The molecular weight excluding hydrogens is 505 g/mol. The van der Waals surface area contributed by atoms with E-state index in [0.29, 0.717) is 12.5 Å². The van der Waals surface area contributed by atoms with Gasteiger partial charge < -0.3 is 15.5 Å². The van der Waals surface area contributed by atoms with Crippen LogP contribution in [0.15, 0.2) is 41.7 Å². The lowest BCUT2D eigenvalue weighted by molar-refractivity contribution is -0.134. The summed E-state index contributed by atoms with van der Waals surface area (Å²) >= 11 is 0. The van der Waals surface area contributed by atoms with Crippen LogP contribution in [0.1, 0.15) is 44.9 Å². The summed E-state index contributed by atoms with van der Waals surface area (Å²) in [6.45, 7) is 4.82. The van der Waals surface area contributed by atoms with Crippen LogP contribution >= 0.6 is 24.0 Å². The van der Waals surface area contributed by atoms with E-state index in [2.05, 4.69) is 20.8 Å². The fraction of sp³-hybridized carbons (Fsp3) is 0.545. The van der Waals surface area contributed by atoms with Crippen molar-refractivity contribution in [3.05, 3.63) is 42.5 Å². The van der Waals surface area contributed by atoms with Crippen LogP contribution in [0.3, 0.4) is 0 Å². The molecule has 0 bridgehead atoms. The first-order chi connectivity index (χ1) is 14.7. The number of aromatic nitrogens is 3. The van der Waals surface area contributed by atoms with Crippen LogP contribution in [-0.2, 0) is 11.3 Å². The number of hydrogen-bond acceptors (Lipinski definition) is 4. The van der Waals surface area contributed by atoms with Crippen LogP contribution in [0.4, 0.5) is 0 Å². The molecule has 2 heterocycles. The van der Waals surface area contributed by atoms with Crippen molar-refractivity contribution in [3.63, 3.8) is 0 Å². The number of guanidine groups is 1.